The average molecular weight is 276 g/mol. The fourth-order valence-corrected chi connectivity index (χ4v) is 2.84. The lowest BCUT2D eigenvalue weighted by atomic mass is 9.96. The van der Waals surface area contributed by atoms with Gasteiger partial charge in [-0.3, -0.25) is 4.79 Å². The van der Waals surface area contributed by atoms with E-state index < -0.39 is 0 Å². The van der Waals surface area contributed by atoms with Gasteiger partial charge in [0.1, 0.15) is 0 Å². The molecule has 0 saturated heterocycles. The zero-order valence-corrected chi connectivity index (χ0v) is 12.0. The topological polar surface area (TPSA) is 44.1 Å². The van der Waals surface area contributed by atoms with Crippen molar-refractivity contribution in [3.63, 3.8) is 0 Å². The minimum Gasteiger partial charge on any atom is -0.312 e. The van der Waals surface area contributed by atoms with E-state index in [0.717, 1.165) is 36.2 Å². The molecule has 104 valence electrons. The van der Waals surface area contributed by atoms with E-state index in [-0.39, 0.29) is 5.91 Å². The molecule has 0 aliphatic carbocycles. The Labute approximate surface area is 124 Å². The van der Waals surface area contributed by atoms with Crippen LogP contribution < -0.4 is 4.90 Å². The zero-order chi connectivity index (χ0) is 14.8. The van der Waals surface area contributed by atoms with Gasteiger partial charge in [-0.1, -0.05) is 18.2 Å². The molecule has 3 heteroatoms. The Bertz CT molecular complexity index is 726. The van der Waals surface area contributed by atoms with Crippen molar-refractivity contribution in [3.8, 4) is 17.2 Å². The Kier molecular flexibility index (Phi) is 3.45. The van der Waals surface area contributed by atoms with Gasteiger partial charge in [-0.15, -0.1) is 0 Å². The van der Waals surface area contributed by atoms with Gasteiger partial charge >= 0.3 is 0 Å². The largest absolute Gasteiger partial charge is 0.312 e. The third-order valence-electron chi connectivity index (χ3n) is 3.93. The molecule has 0 fully saturated rings. The van der Waals surface area contributed by atoms with Crippen molar-refractivity contribution >= 4 is 11.6 Å². The third kappa shape index (κ3) is 2.53. The summed E-state index contributed by atoms with van der Waals surface area (Å²) in [6.07, 6.45) is 2.01. The predicted molar refractivity (Wildman–Crippen MR) is 82.9 cm³/mol. The highest BCUT2D eigenvalue weighted by molar-refractivity contribution is 5.93. The second-order valence-corrected chi connectivity index (χ2v) is 5.31. The minimum absolute atomic E-state index is 0.0991. The summed E-state index contributed by atoms with van der Waals surface area (Å²) in [5, 5.41) is 8.85. The number of carbonyl (C=O) groups is 1. The molecule has 1 heterocycles. The first kappa shape index (κ1) is 13.4. The summed E-state index contributed by atoms with van der Waals surface area (Å²) in [5.41, 5.74) is 5.14. The van der Waals surface area contributed by atoms with Crippen molar-refractivity contribution in [1.82, 2.24) is 0 Å². The Hall–Kier alpha value is -2.60. The van der Waals surface area contributed by atoms with E-state index in [4.69, 9.17) is 5.26 Å². The molecular weight excluding hydrogens is 260 g/mol. The van der Waals surface area contributed by atoms with E-state index in [0.29, 0.717) is 5.56 Å². The smallest absolute Gasteiger partial charge is 0.223 e. The molecule has 0 spiro atoms. The van der Waals surface area contributed by atoms with Crippen LogP contribution in [0.5, 0.6) is 0 Å². The van der Waals surface area contributed by atoms with Gasteiger partial charge in [-0.2, -0.15) is 5.26 Å². The molecule has 0 saturated carbocycles. The second-order valence-electron chi connectivity index (χ2n) is 5.31. The molecular formula is C18H16N2O. The molecule has 0 bridgehead atoms. The molecule has 0 unspecified atom stereocenters. The molecule has 0 radical (unpaired) electrons. The van der Waals surface area contributed by atoms with Gasteiger partial charge in [-0.05, 0) is 53.8 Å². The van der Waals surface area contributed by atoms with Crippen LogP contribution in [0.3, 0.4) is 0 Å². The number of benzene rings is 2. The van der Waals surface area contributed by atoms with E-state index in [1.54, 1.807) is 6.92 Å². The van der Waals surface area contributed by atoms with Gasteiger partial charge in [-0.25, -0.2) is 0 Å². The minimum atomic E-state index is 0.0991. The summed E-state index contributed by atoms with van der Waals surface area (Å²) >= 11 is 0. The number of fused-ring (bicyclic) bond motifs is 1. The molecule has 2 aromatic carbocycles. The van der Waals surface area contributed by atoms with Crippen LogP contribution in [0.15, 0.2) is 42.5 Å². The van der Waals surface area contributed by atoms with Crippen LogP contribution in [0.25, 0.3) is 11.1 Å². The Morgan fingerprint density at radius 2 is 1.86 bits per heavy atom. The van der Waals surface area contributed by atoms with Gasteiger partial charge in [0, 0.05) is 19.2 Å². The average Bonchev–Trinajstić information content (AvgIpc) is 2.53. The SMILES string of the molecule is CC(=O)N1CCCc2cc(-c3ccc(C#N)cc3)ccc21. The lowest BCUT2D eigenvalue weighted by molar-refractivity contribution is -0.116. The Morgan fingerprint density at radius 1 is 1.14 bits per heavy atom. The number of hydrogen-bond acceptors (Lipinski definition) is 2. The van der Waals surface area contributed by atoms with Gasteiger partial charge in [0.05, 0.1) is 11.6 Å². The lowest BCUT2D eigenvalue weighted by Gasteiger charge is -2.29. The highest BCUT2D eigenvalue weighted by atomic mass is 16.2. The van der Waals surface area contributed by atoms with E-state index in [9.17, 15) is 4.79 Å². The number of nitriles is 1. The van der Waals surface area contributed by atoms with Crippen molar-refractivity contribution < 1.29 is 4.79 Å². The first-order valence-electron chi connectivity index (χ1n) is 7.10. The number of nitrogens with zero attached hydrogens (tertiary/aromatic N) is 2. The Morgan fingerprint density at radius 3 is 2.52 bits per heavy atom. The number of hydrogen-bond donors (Lipinski definition) is 0. The van der Waals surface area contributed by atoms with E-state index in [2.05, 4.69) is 12.1 Å². The highest BCUT2D eigenvalue weighted by Gasteiger charge is 2.20. The molecule has 0 atom stereocenters. The standard InChI is InChI=1S/C18H16N2O/c1-13(21)20-10-2-3-17-11-16(8-9-18(17)20)15-6-4-14(12-19)5-7-15/h4-9,11H,2-3,10H2,1H3. The molecule has 1 amide bonds. The molecule has 3 rings (SSSR count). The van der Waals surface area contributed by atoms with Crippen LogP contribution in [0, 0.1) is 11.3 Å². The van der Waals surface area contributed by atoms with Crippen molar-refractivity contribution in [2.75, 3.05) is 11.4 Å². The summed E-state index contributed by atoms with van der Waals surface area (Å²) in [5.74, 6) is 0.0991. The summed E-state index contributed by atoms with van der Waals surface area (Å²) in [7, 11) is 0. The van der Waals surface area contributed by atoms with Gasteiger partial charge in [0.25, 0.3) is 0 Å². The van der Waals surface area contributed by atoms with Crippen molar-refractivity contribution in [3.05, 3.63) is 53.6 Å². The first-order chi connectivity index (χ1) is 10.2. The highest BCUT2D eigenvalue weighted by Crippen LogP contribution is 2.31. The quantitative estimate of drug-likeness (QED) is 0.799. The van der Waals surface area contributed by atoms with E-state index in [1.165, 1.54) is 5.56 Å². The van der Waals surface area contributed by atoms with Crippen molar-refractivity contribution in [1.29, 1.82) is 5.26 Å². The predicted octanol–water partition coefficient (Wildman–Crippen LogP) is 3.52. The molecule has 1 aliphatic heterocycles. The third-order valence-corrected chi connectivity index (χ3v) is 3.93. The lowest BCUT2D eigenvalue weighted by Crippen LogP contribution is -2.33. The summed E-state index contributed by atoms with van der Waals surface area (Å²) in [4.78, 5) is 13.5. The molecule has 3 nitrogen and oxygen atoms in total. The number of carbonyl (C=O) groups excluding carboxylic acids is 1. The summed E-state index contributed by atoms with van der Waals surface area (Å²) in [6.45, 7) is 2.42. The van der Waals surface area contributed by atoms with Crippen molar-refractivity contribution in [2.45, 2.75) is 19.8 Å². The first-order valence-corrected chi connectivity index (χ1v) is 7.10. The number of amides is 1. The fourth-order valence-electron chi connectivity index (χ4n) is 2.84. The van der Waals surface area contributed by atoms with Gasteiger partial charge in [0.15, 0.2) is 0 Å². The maximum Gasteiger partial charge on any atom is 0.223 e. The van der Waals surface area contributed by atoms with Crippen LogP contribution in [-0.2, 0) is 11.2 Å². The maximum atomic E-state index is 11.7. The van der Waals surface area contributed by atoms with Crippen LogP contribution in [0.4, 0.5) is 5.69 Å². The summed E-state index contributed by atoms with van der Waals surface area (Å²) < 4.78 is 0. The van der Waals surface area contributed by atoms with Crippen molar-refractivity contribution in [2.24, 2.45) is 0 Å². The number of rotatable bonds is 1. The second kappa shape index (κ2) is 5.41. The molecule has 1 aliphatic rings. The molecule has 2 aromatic rings. The normalized spacial score (nSPS) is 13.4. The maximum absolute atomic E-state index is 11.7. The Balaban J connectivity index is 1.99. The molecule has 0 aromatic heterocycles. The number of anilines is 1. The van der Waals surface area contributed by atoms with E-state index in [1.807, 2.05) is 41.3 Å². The van der Waals surface area contributed by atoms with E-state index >= 15 is 0 Å². The monoisotopic (exact) mass is 276 g/mol. The fraction of sp³-hybridized carbons (Fsp3) is 0.222. The zero-order valence-electron chi connectivity index (χ0n) is 12.0. The van der Waals surface area contributed by atoms with Gasteiger partial charge < -0.3 is 4.90 Å². The van der Waals surface area contributed by atoms with Crippen LogP contribution in [0.2, 0.25) is 0 Å². The van der Waals surface area contributed by atoms with Crippen LogP contribution >= 0.6 is 0 Å². The molecule has 0 N–H and O–H groups in total. The van der Waals surface area contributed by atoms with Crippen LogP contribution in [0.1, 0.15) is 24.5 Å². The van der Waals surface area contributed by atoms with Gasteiger partial charge in [0.2, 0.25) is 5.91 Å². The molecule has 21 heavy (non-hydrogen) atoms. The van der Waals surface area contributed by atoms with Crippen LogP contribution in [-0.4, -0.2) is 12.5 Å². The number of aryl methyl sites for hydroxylation is 1. The summed E-state index contributed by atoms with van der Waals surface area (Å²) in [6, 6.07) is 16.0.